The maximum absolute atomic E-state index is 13.2. The third-order valence-electron chi connectivity index (χ3n) is 5.18. The van der Waals surface area contributed by atoms with Crippen molar-refractivity contribution in [1.82, 2.24) is 10.2 Å². The van der Waals surface area contributed by atoms with E-state index in [4.69, 9.17) is 4.74 Å². The summed E-state index contributed by atoms with van der Waals surface area (Å²) in [7, 11) is 0. The van der Waals surface area contributed by atoms with Gasteiger partial charge in [-0.2, -0.15) is 0 Å². The summed E-state index contributed by atoms with van der Waals surface area (Å²) in [6.45, 7) is 1.95. The van der Waals surface area contributed by atoms with Crippen molar-refractivity contribution in [2.75, 3.05) is 25.4 Å². The summed E-state index contributed by atoms with van der Waals surface area (Å²) in [6.07, 6.45) is 1.13. The molecule has 2 aromatic rings. The van der Waals surface area contributed by atoms with E-state index in [-0.39, 0.29) is 24.3 Å². The van der Waals surface area contributed by atoms with Crippen molar-refractivity contribution >= 4 is 40.9 Å². The van der Waals surface area contributed by atoms with Crippen LogP contribution < -0.4 is 5.32 Å². The van der Waals surface area contributed by atoms with Crippen molar-refractivity contribution in [3.05, 3.63) is 58.3 Å². The maximum Gasteiger partial charge on any atom is 0.323 e. The van der Waals surface area contributed by atoms with Crippen molar-refractivity contribution in [3.63, 3.8) is 0 Å². The first-order valence-corrected chi connectivity index (χ1v) is 12.5. The fraction of sp³-hybridized carbons (Fsp3) is 0.435. The van der Waals surface area contributed by atoms with E-state index in [0.29, 0.717) is 25.1 Å². The number of nitrogens with zero attached hydrogens (tertiary/aromatic N) is 1. The highest BCUT2D eigenvalue weighted by atomic mass is 32.2. The van der Waals surface area contributed by atoms with Gasteiger partial charge >= 0.3 is 11.9 Å². The minimum absolute atomic E-state index is 0.00420. The van der Waals surface area contributed by atoms with Gasteiger partial charge in [-0.25, -0.2) is 0 Å². The Morgan fingerprint density at radius 3 is 2.69 bits per heavy atom. The number of carbonyl (C=O) groups is 3. The van der Waals surface area contributed by atoms with Gasteiger partial charge in [-0.3, -0.25) is 19.7 Å². The fourth-order valence-corrected chi connectivity index (χ4v) is 5.89. The number of hydrogen-bond acceptors (Lipinski definition) is 7. The summed E-state index contributed by atoms with van der Waals surface area (Å²) in [5.74, 6) is -1.31. The van der Waals surface area contributed by atoms with Crippen LogP contribution in [0.3, 0.4) is 0 Å². The number of benzene rings is 1. The average Bonchev–Trinajstić information content (AvgIpc) is 3.27. The molecule has 7 nitrogen and oxygen atoms in total. The van der Waals surface area contributed by atoms with Crippen LogP contribution in [-0.4, -0.2) is 65.4 Å². The van der Waals surface area contributed by atoms with E-state index in [1.807, 2.05) is 47.8 Å². The standard InChI is InChI=1S/C23H28N2O5S2/c1-2-30-23(29)17(11-10-16-7-4-3-5-8-16)24-18-15-32-20(19-9-6-12-31-19)13-25(22(18)28)14-21(26)27/h3-9,12,17-18,20,24H,2,10-11,13-15H2,1H3,(H,26,27)/t17-,18?,20-/m1/s1. The summed E-state index contributed by atoms with van der Waals surface area (Å²) in [5, 5.41) is 14.5. The first-order valence-electron chi connectivity index (χ1n) is 10.6. The molecule has 2 heterocycles. The Morgan fingerprint density at radius 2 is 2.03 bits per heavy atom. The molecule has 1 aromatic carbocycles. The number of ether oxygens (including phenoxy) is 1. The molecule has 2 N–H and O–H groups in total. The Kier molecular flexibility index (Phi) is 9.13. The summed E-state index contributed by atoms with van der Waals surface area (Å²) in [6, 6.07) is 12.4. The Labute approximate surface area is 196 Å². The molecule has 1 aliphatic heterocycles. The summed E-state index contributed by atoms with van der Waals surface area (Å²) < 4.78 is 5.25. The molecule has 1 amide bonds. The highest BCUT2D eigenvalue weighted by Gasteiger charge is 2.36. The molecule has 9 heteroatoms. The smallest absolute Gasteiger partial charge is 0.323 e. The van der Waals surface area contributed by atoms with E-state index in [1.54, 1.807) is 30.0 Å². The second-order valence-corrected chi connectivity index (χ2v) is 9.71. The third kappa shape index (κ3) is 6.82. The number of carboxylic acid groups (broad SMARTS) is 1. The quantitative estimate of drug-likeness (QED) is 0.509. The number of esters is 1. The van der Waals surface area contributed by atoms with E-state index in [2.05, 4.69) is 5.32 Å². The number of rotatable bonds is 10. The van der Waals surface area contributed by atoms with Crippen LogP contribution in [-0.2, 0) is 25.5 Å². The molecule has 0 radical (unpaired) electrons. The number of nitrogens with one attached hydrogen (secondary N) is 1. The van der Waals surface area contributed by atoms with Crippen molar-refractivity contribution in [2.24, 2.45) is 0 Å². The van der Waals surface area contributed by atoms with Crippen LogP contribution in [0.1, 0.15) is 29.0 Å². The number of thioether (sulfide) groups is 1. The molecule has 1 aromatic heterocycles. The van der Waals surface area contributed by atoms with Gasteiger partial charge in [-0.1, -0.05) is 36.4 Å². The van der Waals surface area contributed by atoms with Crippen LogP contribution >= 0.6 is 23.1 Å². The Balaban J connectivity index is 1.75. The molecule has 0 spiro atoms. The molecular weight excluding hydrogens is 448 g/mol. The molecule has 0 bridgehead atoms. The monoisotopic (exact) mass is 476 g/mol. The molecule has 1 saturated heterocycles. The van der Waals surface area contributed by atoms with Gasteiger partial charge in [-0.15, -0.1) is 23.1 Å². The van der Waals surface area contributed by atoms with Crippen LogP contribution in [0.5, 0.6) is 0 Å². The minimum Gasteiger partial charge on any atom is -0.480 e. The van der Waals surface area contributed by atoms with Gasteiger partial charge in [-0.05, 0) is 36.8 Å². The first-order chi connectivity index (χ1) is 15.5. The molecule has 0 aliphatic carbocycles. The molecule has 0 saturated carbocycles. The van der Waals surface area contributed by atoms with Crippen LogP contribution in [0.15, 0.2) is 47.8 Å². The SMILES string of the molecule is CCOC(=O)[C@@H](CCc1ccccc1)NC1CS[C@@H](c2cccs2)CN(CC(=O)O)C1=O. The van der Waals surface area contributed by atoms with E-state index in [0.717, 1.165) is 10.4 Å². The molecule has 3 rings (SSSR count). The van der Waals surface area contributed by atoms with Crippen LogP contribution in [0.2, 0.25) is 0 Å². The van der Waals surface area contributed by atoms with Crippen molar-refractivity contribution in [1.29, 1.82) is 0 Å². The van der Waals surface area contributed by atoms with Crippen molar-refractivity contribution in [3.8, 4) is 0 Å². The van der Waals surface area contributed by atoms with Crippen LogP contribution in [0, 0.1) is 0 Å². The topological polar surface area (TPSA) is 95.9 Å². The fourth-order valence-electron chi connectivity index (χ4n) is 3.63. The zero-order valence-corrected chi connectivity index (χ0v) is 19.6. The van der Waals surface area contributed by atoms with Crippen molar-refractivity contribution in [2.45, 2.75) is 37.1 Å². The lowest BCUT2D eigenvalue weighted by Crippen LogP contribution is -2.53. The van der Waals surface area contributed by atoms with Gasteiger partial charge in [0.15, 0.2) is 0 Å². The minimum atomic E-state index is -1.06. The highest BCUT2D eigenvalue weighted by molar-refractivity contribution is 7.99. The van der Waals surface area contributed by atoms with Gasteiger partial charge in [0.05, 0.1) is 17.9 Å². The molecule has 3 atom stereocenters. The molecular formula is C23H28N2O5S2. The van der Waals surface area contributed by atoms with Gasteiger partial charge in [0.2, 0.25) is 5.91 Å². The predicted molar refractivity (Wildman–Crippen MR) is 126 cm³/mol. The third-order valence-corrected chi connectivity index (χ3v) is 7.65. The van der Waals surface area contributed by atoms with Gasteiger partial charge < -0.3 is 14.7 Å². The second kappa shape index (κ2) is 12.0. The second-order valence-electron chi connectivity index (χ2n) is 7.50. The average molecular weight is 477 g/mol. The predicted octanol–water partition coefficient (Wildman–Crippen LogP) is 2.97. The lowest BCUT2D eigenvalue weighted by atomic mass is 10.0. The van der Waals surface area contributed by atoms with Gasteiger partial charge in [0, 0.05) is 17.2 Å². The van der Waals surface area contributed by atoms with Crippen LogP contribution in [0.4, 0.5) is 0 Å². The van der Waals surface area contributed by atoms with E-state index in [9.17, 15) is 19.5 Å². The zero-order valence-electron chi connectivity index (χ0n) is 17.9. The number of carbonyl (C=O) groups excluding carboxylic acids is 2. The first kappa shape index (κ1) is 24.3. The number of hydrogen-bond donors (Lipinski definition) is 2. The maximum atomic E-state index is 13.2. The van der Waals surface area contributed by atoms with Gasteiger partial charge in [0.25, 0.3) is 0 Å². The molecule has 1 aliphatic rings. The van der Waals surface area contributed by atoms with Crippen LogP contribution in [0.25, 0.3) is 0 Å². The zero-order chi connectivity index (χ0) is 22.9. The van der Waals surface area contributed by atoms with E-state index in [1.165, 1.54) is 4.90 Å². The van der Waals surface area contributed by atoms with E-state index >= 15 is 0 Å². The number of thiophene rings is 1. The normalized spacial score (nSPS) is 19.9. The highest BCUT2D eigenvalue weighted by Crippen LogP contribution is 2.35. The lowest BCUT2D eigenvalue weighted by molar-refractivity contribution is -0.148. The Bertz CT molecular complexity index is 891. The molecule has 1 fully saturated rings. The summed E-state index contributed by atoms with van der Waals surface area (Å²) >= 11 is 3.20. The molecule has 172 valence electrons. The van der Waals surface area contributed by atoms with Gasteiger partial charge in [0.1, 0.15) is 12.6 Å². The number of carboxylic acids is 1. The largest absolute Gasteiger partial charge is 0.480 e. The van der Waals surface area contributed by atoms with E-state index < -0.39 is 24.0 Å². The molecule has 32 heavy (non-hydrogen) atoms. The number of aliphatic carboxylic acids is 1. The summed E-state index contributed by atoms with van der Waals surface area (Å²) in [5.41, 5.74) is 1.09. The Morgan fingerprint density at radius 1 is 1.25 bits per heavy atom. The molecule has 1 unspecified atom stereocenters. The Hall–Kier alpha value is -2.36. The number of aryl methyl sites for hydroxylation is 1. The lowest BCUT2D eigenvalue weighted by Gasteiger charge is -2.26. The van der Waals surface area contributed by atoms with Crippen molar-refractivity contribution < 1.29 is 24.2 Å². The summed E-state index contributed by atoms with van der Waals surface area (Å²) in [4.78, 5) is 39.7. The number of amides is 1.